The molecule has 3 rings (SSSR count). The minimum Gasteiger partial charge on any atom is -0.355 e. The Labute approximate surface area is 161 Å². The summed E-state index contributed by atoms with van der Waals surface area (Å²) >= 11 is 7.20. The summed E-state index contributed by atoms with van der Waals surface area (Å²) in [4.78, 5) is 5.25. The maximum Gasteiger partial charge on any atom is 0.240 e. The van der Waals surface area contributed by atoms with Crippen molar-refractivity contribution >= 4 is 44.1 Å². The van der Waals surface area contributed by atoms with Crippen LogP contribution in [0.15, 0.2) is 41.6 Å². The molecule has 1 aromatic carbocycles. The molecule has 0 saturated heterocycles. The number of benzene rings is 1. The van der Waals surface area contributed by atoms with Crippen LogP contribution in [0.1, 0.15) is 25.7 Å². The van der Waals surface area contributed by atoms with Crippen molar-refractivity contribution in [2.45, 2.75) is 30.6 Å². The number of hydrogen-bond acceptors (Lipinski definition) is 6. The van der Waals surface area contributed by atoms with Crippen LogP contribution in [0.4, 0.5) is 5.95 Å². The number of rotatable bonds is 10. The molecule has 0 fully saturated rings. The first-order valence-corrected chi connectivity index (χ1v) is 11.0. The van der Waals surface area contributed by atoms with Gasteiger partial charge in [0.1, 0.15) is 0 Å². The summed E-state index contributed by atoms with van der Waals surface area (Å²) in [5, 5.41) is 3.70. The molecular formula is C16H20ClN5O2S2. The zero-order chi connectivity index (χ0) is 18.4. The van der Waals surface area contributed by atoms with Crippen LogP contribution >= 0.6 is 23.1 Å². The van der Waals surface area contributed by atoms with E-state index in [1.54, 1.807) is 18.3 Å². The third-order valence-electron chi connectivity index (χ3n) is 3.83. The van der Waals surface area contributed by atoms with Crippen molar-refractivity contribution in [1.29, 1.82) is 0 Å². The van der Waals surface area contributed by atoms with E-state index in [0.717, 1.165) is 43.1 Å². The van der Waals surface area contributed by atoms with Gasteiger partial charge in [-0.3, -0.25) is 4.40 Å². The van der Waals surface area contributed by atoms with Gasteiger partial charge in [-0.05, 0) is 31.0 Å². The van der Waals surface area contributed by atoms with Gasteiger partial charge >= 0.3 is 0 Å². The van der Waals surface area contributed by atoms with Gasteiger partial charge in [0.15, 0.2) is 0 Å². The van der Waals surface area contributed by atoms with Gasteiger partial charge in [0.25, 0.3) is 0 Å². The van der Waals surface area contributed by atoms with Crippen molar-refractivity contribution in [3.63, 3.8) is 0 Å². The van der Waals surface area contributed by atoms with Gasteiger partial charge in [-0.25, -0.2) is 18.1 Å². The summed E-state index contributed by atoms with van der Waals surface area (Å²) in [5.74, 6) is 0.816. The van der Waals surface area contributed by atoms with Crippen molar-refractivity contribution in [3.8, 4) is 0 Å². The highest BCUT2D eigenvalue weighted by Gasteiger charge is 2.13. The molecule has 140 valence electrons. The number of aromatic nitrogens is 3. The van der Waals surface area contributed by atoms with E-state index in [0.29, 0.717) is 11.6 Å². The number of fused-ring (bicyclic) bond motifs is 1. The second-order valence-corrected chi connectivity index (χ2v) is 8.72. The highest BCUT2D eigenvalue weighted by atomic mass is 35.5. The van der Waals surface area contributed by atoms with Gasteiger partial charge in [0, 0.05) is 42.0 Å². The van der Waals surface area contributed by atoms with E-state index in [1.165, 1.54) is 23.7 Å². The number of nitrogens with one attached hydrogen (secondary N) is 2. The van der Waals surface area contributed by atoms with Crippen molar-refractivity contribution in [2.24, 2.45) is 0 Å². The molecule has 0 saturated carbocycles. The van der Waals surface area contributed by atoms with Crippen LogP contribution in [0.5, 0.6) is 0 Å². The Kier molecular flexibility index (Phi) is 6.47. The van der Waals surface area contributed by atoms with E-state index in [1.807, 2.05) is 10.6 Å². The first-order chi connectivity index (χ1) is 12.6. The SMILES string of the molecule is O=S(=O)(NCCCCCCNc1nsc2nccn12)c1cccc(Cl)c1. The largest absolute Gasteiger partial charge is 0.355 e. The summed E-state index contributed by atoms with van der Waals surface area (Å²) < 4.78 is 33.1. The van der Waals surface area contributed by atoms with Crippen LogP contribution in [-0.4, -0.2) is 35.3 Å². The fourth-order valence-electron chi connectivity index (χ4n) is 2.49. The lowest BCUT2D eigenvalue weighted by molar-refractivity contribution is 0.573. The average Bonchev–Trinajstić information content (AvgIpc) is 3.21. The summed E-state index contributed by atoms with van der Waals surface area (Å²) in [7, 11) is -3.49. The quantitative estimate of drug-likeness (QED) is 0.497. The molecule has 0 amide bonds. The van der Waals surface area contributed by atoms with Crippen LogP contribution in [0.2, 0.25) is 5.02 Å². The molecule has 2 aromatic heterocycles. The number of nitrogens with zero attached hydrogens (tertiary/aromatic N) is 3. The van der Waals surface area contributed by atoms with E-state index in [4.69, 9.17) is 11.6 Å². The maximum atomic E-state index is 12.1. The summed E-state index contributed by atoms with van der Waals surface area (Å²) in [6.07, 6.45) is 7.40. The third-order valence-corrected chi connectivity index (χ3v) is 6.26. The maximum absolute atomic E-state index is 12.1. The number of sulfonamides is 1. The van der Waals surface area contributed by atoms with Crippen molar-refractivity contribution < 1.29 is 8.42 Å². The zero-order valence-electron chi connectivity index (χ0n) is 14.1. The highest BCUT2D eigenvalue weighted by molar-refractivity contribution is 7.89. The predicted molar refractivity (Wildman–Crippen MR) is 104 cm³/mol. The van der Waals surface area contributed by atoms with Crippen LogP contribution in [-0.2, 0) is 10.0 Å². The van der Waals surface area contributed by atoms with E-state index < -0.39 is 10.0 Å². The molecule has 0 aliphatic heterocycles. The van der Waals surface area contributed by atoms with Gasteiger partial charge in [0.05, 0.1) is 4.90 Å². The standard InChI is InChI=1S/C16H20ClN5O2S2/c17-13-6-5-7-14(12-13)26(23,24)20-9-4-2-1-3-8-18-15-21-25-16-19-10-11-22(15)16/h5-7,10-12,20H,1-4,8-9H2,(H,18,21). The Hall–Kier alpha value is -1.68. The van der Waals surface area contributed by atoms with Crippen molar-refractivity contribution in [2.75, 3.05) is 18.4 Å². The lowest BCUT2D eigenvalue weighted by Gasteiger charge is -2.07. The monoisotopic (exact) mass is 413 g/mol. The predicted octanol–water partition coefficient (Wildman–Crippen LogP) is 3.40. The van der Waals surface area contributed by atoms with E-state index >= 15 is 0 Å². The van der Waals surface area contributed by atoms with Gasteiger partial charge in [-0.15, -0.1) is 0 Å². The topological polar surface area (TPSA) is 88.4 Å². The first-order valence-electron chi connectivity index (χ1n) is 8.34. The molecule has 26 heavy (non-hydrogen) atoms. The second-order valence-electron chi connectivity index (χ2n) is 5.78. The number of unbranched alkanes of at least 4 members (excludes halogenated alkanes) is 3. The van der Waals surface area contributed by atoms with E-state index in [2.05, 4.69) is 19.4 Å². The molecule has 0 spiro atoms. The second kappa shape index (κ2) is 8.81. The highest BCUT2D eigenvalue weighted by Crippen LogP contribution is 2.16. The van der Waals surface area contributed by atoms with Gasteiger partial charge in [0.2, 0.25) is 20.9 Å². The number of halogens is 1. The molecule has 0 aliphatic rings. The first kappa shape index (κ1) is 19.1. The van der Waals surface area contributed by atoms with Gasteiger partial charge in [-0.2, -0.15) is 4.37 Å². The summed E-state index contributed by atoms with van der Waals surface area (Å²) in [6.45, 7) is 1.25. The van der Waals surface area contributed by atoms with Gasteiger partial charge in [-0.1, -0.05) is 30.5 Å². The zero-order valence-corrected chi connectivity index (χ0v) is 16.4. The fraction of sp³-hybridized carbons (Fsp3) is 0.375. The molecule has 7 nitrogen and oxygen atoms in total. The van der Waals surface area contributed by atoms with Crippen molar-refractivity contribution in [1.82, 2.24) is 18.5 Å². The normalized spacial score (nSPS) is 11.9. The van der Waals surface area contributed by atoms with E-state index in [-0.39, 0.29) is 4.90 Å². The Balaban J connectivity index is 1.30. The number of hydrogen-bond donors (Lipinski definition) is 2. The molecular weight excluding hydrogens is 394 g/mol. The molecule has 0 bridgehead atoms. The Morgan fingerprint density at radius 1 is 1.15 bits per heavy atom. The minimum atomic E-state index is -3.49. The molecule has 0 atom stereocenters. The molecule has 3 aromatic rings. The lowest BCUT2D eigenvalue weighted by Crippen LogP contribution is -2.24. The minimum absolute atomic E-state index is 0.197. The van der Waals surface area contributed by atoms with Crippen LogP contribution in [0.25, 0.3) is 4.96 Å². The molecule has 0 radical (unpaired) electrons. The molecule has 0 unspecified atom stereocenters. The Morgan fingerprint density at radius 3 is 2.77 bits per heavy atom. The Bertz CT molecular complexity index is 954. The van der Waals surface area contributed by atoms with Crippen LogP contribution in [0.3, 0.4) is 0 Å². The number of imidazole rings is 1. The van der Waals surface area contributed by atoms with Crippen LogP contribution in [0, 0.1) is 0 Å². The summed E-state index contributed by atoms with van der Waals surface area (Å²) in [5.41, 5.74) is 0. The van der Waals surface area contributed by atoms with Crippen LogP contribution < -0.4 is 10.0 Å². The average molecular weight is 414 g/mol. The third kappa shape index (κ3) is 4.94. The summed E-state index contributed by atoms with van der Waals surface area (Å²) in [6, 6.07) is 6.27. The molecule has 2 heterocycles. The molecule has 2 N–H and O–H groups in total. The fourth-order valence-corrected chi connectivity index (χ4v) is 4.53. The van der Waals surface area contributed by atoms with Gasteiger partial charge < -0.3 is 5.32 Å². The van der Waals surface area contributed by atoms with E-state index in [9.17, 15) is 8.42 Å². The Morgan fingerprint density at radius 2 is 1.96 bits per heavy atom. The molecule has 0 aliphatic carbocycles. The smallest absolute Gasteiger partial charge is 0.240 e. The number of anilines is 1. The van der Waals surface area contributed by atoms with Crippen molar-refractivity contribution in [3.05, 3.63) is 41.7 Å². The lowest BCUT2D eigenvalue weighted by atomic mass is 10.2. The molecule has 10 heteroatoms.